The average Bonchev–Trinajstić information content (AvgIpc) is 3.41. The molecule has 0 radical (unpaired) electrons. The second kappa shape index (κ2) is 20.0. The first-order valence-electron chi connectivity index (χ1n) is 15.8. The number of aryl methyl sites for hydroxylation is 1. The zero-order valence-corrected chi connectivity index (χ0v) is 28.5. The summed E-state index contributed by atoms with van der Waals surface area (Å²) in [6, 6.07) is 16.9. The molecule has 1 fully saturated rings. The lowest BCUT2D eigenvalue weighted by Crippen LogP contribution is -2.34. The summed E-state index contributed by atoms with van der Waals surface area (Å²) in [7, 11) is 1.71. The van der Waals surface area contributed by atoms with Crippen molar-refractivity contribution in [2.24, 2.45) is 11.7 Å². The SMILES string of the molecule is COCCn1c(CN2CCC(/C(O)=C/C=C\Cc3ccc(Cl)cc3F)CC2)nc2cc(Cc3ccc(O)c(C)c3)ccc21.NC=O.O=CO. The third kappa shape index (κ3) is 11.7. The van der Waals surface area contributed by atoms with Crippen LogP contribution in [0.2, 0.25) is 5.02 Å². The van der Waals surface area contributed by atoms with Crippen molar-refractivity contribution in [3.05, 3.63) is 118 Å². The number of phenolic OH excluding ortho intramolecular Hbond substituents is 1. The standard InChI is InChI=1S/C35H39ClFN3O3.CH3NO.CH2O2/c1-24-19-25(8-12-33(24)41)20-26-7-11-32-31(21-26)38-35(40(32)17-18-43-2)23-39-15-13-28(14-16-39)34(42)6-4-3-5-27-9-10-29(36)22-30(27)37;2*2-1-3/h3-4,6-12,19,21-22,28,41-42H,5,13-18,20,23H2,1-2H3;1H,(H2,2,3);1H,(H,2,3)/b4-3-,34-6-;;. The summed E-state index contributed by atoms with van der Waals surface area (Å²) in [5.74, 6) is 1.48. The zero-order valence-electron chi connectivity index (χ0n) is 27.8. The van der Waals surface area contributed by atoms with Gasteiger partial charge in [-0.1, -0.05) is 48.0 Å². The third-order valence-electron chi connectivity index (χ3n) is 8.21. The van der Waals surface area contributed by atoms with E-state index in [2.05, 4.69) is 33.4 Å². The number of carbonyl (C=O) groups is 2. The van der Waals surface area contributed by atoms with Gasteiger partial charge in [-0.2, -0.15) is 0 Å². The molecule has 1 saturated heterocycles. The number of nitrogens with zero attached hydrogens (tertiary/aromatic N) is 3. The Labute approximate surface area is 290 Å². The number of imidazole rings is 1. The van der Waals surface area contributed by atoms with Gasteiger partial charge in [-0.05, 0) is 104 Å². The normalized spacial score (nSPS) is 13.8. The van der Waals surface area contributed by atoms with E-state index in [0.29, 0.717) is 35.1 Å². The molecule has 5 rings (SSSR count). The van der Waals surface area contributed by atoms with Crippen LogP contribution in [0.5, 0.6) is 5.75 Å². The summed E-state index contributed by atoms with van der Waals surface area (Å²) in [6.45, 7) is 5.45. The number of rotatable bonds is 11. The lowest BCUT2D eigenvalue weighted by molar-refractivity contribution is -0.122. The van der Waals surface area contributed by atoms with Crippen LogP contribution in [0.4, 0.5) is 4.39 Å². The van der Waals surface area contributed by atoms with Gasteiger partial charge in [-0.3, -0.25) is 14.5 Å². The fraction of sp³-hybridized carbons (Fsp3) is 0.324. The van der Waals surface area contributed by atoms with Gasteiger partial charge in [0.2, 0.25) is 6.41 Å². The lowest BCUT2D eigenvalue weighted by Gasteiger charge is -2.31. The van der Waals surface area contributed by atoms with Crippen molar-refractivity contribution in [3.8, 4) is 5.75 Å². The fourth-order valence-corrected chi connectivity index (χ4v) is 5.88. The maximum atomic E-state index is 14.0. The summed E-state index contributed by atoms with van der Waals surface area (Å²) in [5.41, 5.74) is 10.0. The molecule has 0 aliphatic carbocycles. The fourth-order valence-electron chi connectivity index (χ4n) is 5.72. The Balaban J connectivity index is 0.00000101. The molecular weight excluding hydrogens is 651 g/mol. The predicted octanol–water partition coefficient (Wildman–Crippen LogP) is 6.34. The number of benzene rings is 3. The summed E-state index contributed by atoms with van der Waals surface area (Å²) in [4.78, 5) is 24.4. The molecule has 0 bridgehead atoms. The Morgan fingerprint density at radius 3 is 2.43 bits per heavy atom. The van der Waals surface area contributed by atoms with Crippen LogP contribution in [0.25, 0.3) is 11.0 Å². The molecule has 0 spiro atoms. The maximum absolute atomic E-state index is 14.0. The number of fused-ring (bicyclic) bond motifs is 1. The van der Waals surface area contributed by atoms with E-state index in [1.807, 2.05) is 25.1 Å². The molecule has 4 aromatic rings. The van der Waals surface area contributed by atoms with E-state index in [4.69, 9.17) is 36.0 Å². The van der Waals surface area contributed by atoms with Gasteiger partial charge in [0.15, 0.2) is 0 Å². The van der Waals surface area contributed by atoms with Crippen molar-refractivity contribution >= 4 is 35.5 Å². The number of aromatic hydroxyl groups is 1. The van der Waals surface area contributed by atoms with Crippen LogP contribution in [0, 0.1) is 18.7 Å². The molecule has 1 aliphatic heterocycles. The van der Waals surface area contributed by atoms with Crippen molar-refractivity contribution in [2.45, 2.75) is 45.7 Å². The average molecular weight is 695 g/mol. The first-order valence-corrected chi connectivity index (χ1v) is 16.2. The number of halogens is 2. The van der Waals surface area contributed by atoms with E-state index in [1.165, 1.54) is 11.6 Å². The van der Waals surface area contributed by atoms with Crippen LogP contribution in [-0.4, -0.2) is 69.5 Å². The van der Waals surface area contributed by atoms with Crippen molar-refractivity contribution < 1.29 is 34.0 Å². The first-order chi connectivity index (χ1) is 23.6. The summed E-state index contributed by atoms with van der Waals surface area (Å²) in [6.07, 6.45) is 8.55. The number of piperidine rings is 1. The number of allylic oxidation sites excluding steroid dienone is 4. The molecule has 0 atom stereocenters. The van der Waals surface area contributed by atoms with E-state index in [-0.39, 0.29) is 24.6 Å². The Kier molecular flexibility index (Phi) is 15.8. The zero-order chi connectivity index (χ0) is 35.8. The molecule has 5 N–H and O–H groups in total. The van der Waals surface area contributed by atoms with Crippen LogP contribution < -0.4 is 5.73 Å². The van der Waals surface area contributed by atoms with Gasteiger partial charge in [0.1, 0.15) is 17.4 Å². The molecule has 1 aromatic heterocycles. The molecular formula is C37H44ClFN4O6. The van der Waals surface area contributed by atoms with Crippen molar-refractivity contribution in [1.82, 2.24) is 14.5 Å². The van der Waals surface area contributed by atoms with Crippen LogP contribution in [0.15, 0.2) is 78.6 Å². The number of carbonyl (C=O) groups excluding carboxylic acids is 1. The second-order valence-corrected chi connectivity index (χ2v) is 12.0. The smallest absolute Gasteiger partial charge is 0.290 e. The third-order valence-corrected chi connectivity index (χ3v) is 8.44. The maximum Gasteiger partial charge on any atom is 0.290 e. The number of carboxylic acid groups (broad SMARTS) is 1. The number of phenols is 1. The van der Waals surface area contributed by atoms with Gasteiger partial charge >= 0.3 is 0 Å². The Bertz CT molecular complexity index is 1730. The minimum absolute atomic E-state index is 0.103. The number of nitrogens with two attached hydrogens (primary N) is 1. The molecule has 10 nitrogen and oxygen atoms in total. The van der Waals surface area contributed by atoms with E-state index < -0.39 is 0 Å². The molecule has 1 amide bonds. The van der Waals surface area contributed by atoms with Gasteiger partial charge in [0.05, 0.1) is 29.9 Å². The number of hydrogen-bond donors (Lipinski definition) is 4. The van der Waals surface area contributed by atoms with E-state index in [0.717, 1.165) is 73.4 Å². The van der Waals surface area contributed by atoms with Crippen molar-refractivity contribution in [1.29, 1.82) is 0 Å². The van der Waals surface area contributed by atoms with Gasteiger partial charge in [0, 0.05) is 24.6 Å². The largest absolute Gasteiger partial charge is 0.512 e. The Morgan fingerprint density at radius 1 is 1.10 bits per heavy atom. The highest BCUT2D eigenvalue weighted by molar-refractivity contribution is 6.30. The quantitative estimate of drug-likeness (QED) is 0.0808. The number of aliphatic hydroxyl groups excluding tert-OH is 1. The predicted molar refractivity (Wildman–Crippen MR) is 189 cm³/mol. The van der Waals surface area contributed by atoms with Crippen molar-refractivity contribution in [2.75, 3.05) is 26.8 Å². The number of aromatic nitrogens is 2. The minimum Gasteiger partial charge on any atom is -0.512 e. The number of aliphatic hydroxyl groups is 1. The Hall–Kier alpha value is -4.71. The van der Waals surface area contributed by atoms with Gasteiger partial charge in [-0.25, -0.2) is 9.37 Å². The van der Waals surface area contributed by atoms with E-state index in [9.17, 15) is 14.6 Å². The number of methoxy groups -OCH3 is 1. The topological polar surface area (TPSA) is 151 Å². The van der Waals surface area contributed by atoms with Gasteiger partial charge in [-0.15, -0.1) is 0 Å². The summed E-state index contributed by atoms with van der Waals surface area (Å²) < 4.78 is 21.6. The highest BCUT2D eigenvalue weighted by Crippen LogP contribution is 2.27. The number of ether oxygens (including phenoxy) is 1. The monoisotopic (exact) mass is 694 g/mol. The molecule has 12 heteroatoms. The molecule has 1 aliphatic rings. The molecule has 262 valence electrons. The van der Waals surface area contributed by atoms with E-state index >= 15 is 0 Å². The Morgan fingerprint density at radius 2 is 1.78 bits per heavy atom. The van der Waals surface area contributed by atoms with Gasteiger partial charge < -0.3 is 30.4 Å². The second-order valence-electron chi connectivity index (χ2n) is 11.5. The van der Waals surface area contributed by atoms with Crippen LogP contribution in [0.3, 0.4) is 0 Å². The number of amides is 1. The molecule has 3 aromatic carbocycles. The number of likely N-dealkylation sites (tertiary alicyclic amines) is 1. The summed E-state index contributed by atoms with van der Waals surface area (Å²) in [5, 5.41) is 27.8. The number of primary amides is 1. The van der Waals surface area contributed by atoms with Crippen LogP contribution in [0.1, 0.15) is 40.9 Å². The molecule has 2 heterocycles. The molecule has 0 saturated carbocycles. The highest BCUT2D eigenvalue weighted by atomic mass is 35.5. The first kappa shape index (κ1) is 38.7. The highest BCUT2D eigenvalue weighted by Gasteiger charge is 2.23. The lowest BCUT2D eigenvalue weighted by atomic mass is 9.94. The minimum atomic E-state index is -0.321. The number of hydrogen-bond acceptors (Lipinski definition) is 7. The summed E-state index contributed by atoms with van der Waals surface area (Å²) >= 11 is 5.83. The molecule has 0 unspecified atom stereocenters. The van der Waals surface area contributed by atoms with Crippen LogP contribution in [-0.2, 0) is 40.3 Å². The van der Waals surface area contributed by atoms with E-state index in [1.54, 1.807) is 37.5 Å². The van der Waals surface area contributed by atoms with Crippen LogP contribution >= 0.6 is 11.6 Å². The van der Waals surface area contributed by atoms with Crippen molar-refractivity contribution in [3.63, 3.8) is 0 Å². The van der Waals surface area contributed by atoms with Gasteiger partial charge in [0.25, 0.3) is 6.47 Å². The molecule has 49 heavy (non-hydrogen) atoms.